The van der Waals surface area contributed by atoms with E-state index in [1.807, 2.05) is 25.1 Å². The number of hydrogen-bond donors (Lipinski definition) is 1. The molecular weight excluding hydrogens is 462 g/mol. The Morgan fingerprint density at radius 3 is 2.43 bits per heavy atom. The highest BCUT2D eigenvalue weighted by atomic mass is 16.3. The van der Waals surface area contributed by atoms with E-state index in [1.165, 1.54) is 5.56 Å². The van der Waals surface area contributed by atoms with Crippen molar-refractivity contribution in [3.63, 3.8) is 0 Å². The van der Waals surface area contributed by atoms with Gasteiger partial charge in [-0.15, -0.1) is 10.2 Å². The van der Waals surface area contributed by atoms with E-state index in [-0.39, 0.29) is 0 Å². The van der Waals surface area contributed by atoms with Crippen LogP contribution in [-0.2, 0) is 13.0 Å². The first-order chi connectivity index (χ1) is 18.1. The van der Waals surface area contributed by atoms with Gasteiger partial charge < -0.3 is 8.98 Å². The van der Waals surface area contributed by atoms with Crippen LogP contribution in [-0.4, -0.2) is 35.2 Å². The Morgan fingerprint density at radius 1 is 0.919 bits per heavy atom. The number of benzene rings is 3. The molecule has 6 aromatic rings. The fraction of sp³-hybridized carbons (Fsp3) is 0.207. The van der Waals surface area contributed by atoms with Crippen LogP contribution < -0.4 is 0 Å². The molecule has 1 N–H and O–H groups in total. The molecule has 0 saturated heterocycles. The Morgan fingerprint density at radius 2 is 1.73 bits per heavy atom. The van der Waals surface area contributed by atoms with Crippen LogP contribution >= 0.6 is 0 Å². The number of aryl methyl sites for hydroxylation is 3. The zero-order chi connectivity index (χ0) is 25.4. The molecule has 184 valence electrons. The maximum atomic E-state index is 5.47. The number of rotatable bonds is 7. The van der Waals surface area contributed by atoms with Crippen molar-refractivity contribution in [3.05, 3.63) is 89.8 Å². The molecule has 0 fully saturated rings. The third-order valence-electron chi connectivity index (χ3n) is 6.63. The third kappa shape index (κ3) is 4.31. The summed E-state index contributed by atoms with van der Waals surface area (Å²) in [5.74, 6) is 2.34. The molecule has 0 atom stereocenters. The predicted molar refractivity (Wildman–Crippen MR) is 143 cm³/mol. The van der Waals surface area contributed by atoms with Gasteiger partial charge in [0.15, 0.2) is 5.89 Å². The maximum Gasteiger partial charge on any atom is 0.205 e. The van der Waals surface area contributed by atoms with E-state index in [9.17, 15) is 0 Å². The van der Waals surface area contributed by atoms with E-state index in [4.69, 9.17) is 9.40 Å². The molecule has 8 heteroatoms. The lowest BCUT2D eigenvalue weighted by Crippen LogP contribution is -2.05. The summed E-state index contributed by atoms with van der Waals surface area (Å²) in [7, 11) is 0. The summed E-state index contributed by atoms with van der Waals surface area (Å²) in [6.07, 6.45) is 3.67. The Bertz CT molecular complexity index is 1680. The average Bonchev–Trinajstić information content (AvgIpc) is 3.67. The van der Waals surface area contributed by atoms with Gasteiger partial charge in [0.2, 0.25) is 5.82 Å². The minimum atomic E-state index is 0.585. The van der Waals surface area contributed by atoms with E-state index >= 15 is 0 Å². The van der Waals surface area contributed by atoms with Crippen molar-refractivity contribution in [2.24, 2.45) is 0 Å². The van der Waals surface area contributed by atoms with E-state index in [2.05, 4.69) is 86.5 Å². The summed E-state index contributed by atoms with van der Waals surface area (Å²) in [5.41, 5.74) is 9.50. The van der Waals surface area contributed by atoms with Crippen molar-refractivity contribution in [2.75, 3.05) is 0 Å². The molecule has 0 aliphatic heterocycles. The van der Waals surface area contributed by atoms with Crippen molar-refractivity contribution in [1.29, 1.82) is 0 Å². The fourth-order valence-corrected chi connectivity index (χ4v) is 4.85. The lowest BCUT2D eigenvalue weighted by molar-refractivity contribution is 0.521. The summed E-state index contributed by atoms with van der Waals surface area (Å²) in [6, 6.07) is 21.1. The van der Waals surface area contributed by atoms with Gasteiger partial charge in [-0.05, 0) is 52.9 Å². The third-order valence-corrected chi connectivity index (χ3v) is 6.63. The molecule has 0 aliphatic carbocycles. The van der Waals surface area contributed by atoms with Crippen molar-refractivity contribution >= 4 is 11.0 Å². The van der Waals surface area contributed by atoms with Gasteiger partial charge in [-0.25, -0.2) is 9.97 Å². The number of oxazole rings is 1. The quantitative estimate of drug-likeness (QED) is 0.289. The Labute approximate surface area is 214 Å². The van der Waals surface area contributed by atoms with E-state index in [0.29, 0.717) is 11.7 Å². The smallest absolute Gasteiger partial charge is 0.205 e. The molecule has 3 heterocycles. The first-order valence-electron chi connectivity index (χ1n) is 12.4. The molecule has 6 rings (SSSR count). The molecule has 3 aromatic heterocycles. The summed E-state index contributed by atoms with van der Waals surface area (Å²) in [4.78, 5) is 9.58. The molecule has 0 radical (unpaired) electrons. The summed E-state index contributed by atoms with van der Waals surface area (Å²) in [6.45, 7) is 6.90. The van der Waals surface area contributed by atoms with Gasteiger partial charge in [-0.1, -0.05) is 55.5 Å². The summed E-state index contributed by atoms with van der Waals surface area (Å²) < 4.78 is 7.81. The number of nitrogens with one attached hydrogen (secondary N) is 1. The van der Waals surface area contributed by atoms with Gasteiger partial charge in [0.25, 0.3) is 0 Å². The van der Waals surface area contributed by atoms with Crippen LogP contribution in [0.5, 0.6) is 0 Å². The zero-order valence-electron chi connectivity index (χ0n) is 21.1. The molecule has 0 unspecified atom stereocenters. The summed E-state index contributed by atoms with van der Waals surface area (Å²) >= 11 is 0. The maximum absolute atomic E-state index is 5.47. The highest BCUT2D eigenvalue weighted by Gasteiger charge is 2.16. The largest absolute Gasteiger partial charge is 0.449 e. The number of aromatic amines is 1. The molecule has 37 heavy (non-hydrogen) atoms. The fourth-order valence-electron chi connectivity index (χ4n) is 4.85. The van der Waals surface area contributed by atoms with Gasteiger partial charge in [0, 0.05) is 31.0 Å². The topological polar surface area (TPSA) is 98.3 Å². The predicted octanol–water partition coefficient (Wildman–Crippen LogP) is 6.16. The van der Waals surface area contributed by atoms with Crippen molar-refractivity contribution in [3.8, 4) is 33.8 Å². The molecule has 0 saturated carbocycles. The number of tetrazole rings is 1. The highest BCUT2D eigenvalue weighted by molar-refractivity contribution is 5.85. The molecular formula is C29H27N7O. The van der Waals surface area contributed by atoms with Crippen molar-refractivity contribution in [1.82, 2.24) is 35.2 Å². The number of nitrogens with zero attached hydrogens (tertiary/aromatic N) is 6. The molecule has 0 amide bonds. The normalized spacial score (nSPS) is 11.4. The van der Waals surface area contributed by atoms with Crippen LogP contribution in [0.1, 0.15) is 36.2 Å². The zero-order valence-corrected chi connectivity index (χ0v) is 21.1. The number of hydrogen-bond acceptors (Lipinski definition) is 6. The van der Waals surface area contributed by atoms with Crippen LogP contribution in [0.4, 0.5) is 0 Å². The number of H-pyrrole nitrogens is 1. The van der Waals surface area contributed by atoms with Crippen LogP contribution in [0.3, 0.4) is 0 Å². The molecule has 8 nitrogen and oxygen atoms in total. The standard InChI is InChI=1S/C29H27N7O/c1-4-7-27-31-28-18(2)14-22(25-17-37-19(3)30-25)15-26(28)36(27)16-20-10-12-21(13-11-20)23-8-5-6-9-24(23)29-32-34-35-33-29/h5-6,8-15,17H,4,7,16H2,1-3H3,(H,32,33,34,35). The first-order valence-corrected chi connectivity index (χ1v) is 12.4. The van der Waals surface area contributed by atoms with Gasteiger partial charge in [-0.3, -0.25) is 0 Å². The first kappa shape index (κ1) is 22.8. The minimum absolute atomic E-state index is 0.585. The number of imidazole rings is 1. The molecule has 0 aliphatic rings. The van der Waals surface area contributed by atoms with Gasteiger partial charge >= 0.3 is 0 Å². The van der Waals surface area contributed by atoms with Gasteiger partial charge in [0.1, 0.15) is 17.8 Å². The van der Waals surface area contributed by atoms with Gasteiger partial charge in [0.05, 0.1) is 11.0 Å². The highest BCUT2D eigenvalue weighted by Crippen LogP contribution is 2.31. The van der Waals surface area contributed by atoms with Crippen molar-refractivity contribution in [2.45, 2.75) is 40.2 Å². The van der Waals surface area contributed by atoms with Crippen LogP contribution in [0, 0.1) is 13.8 Å². The second kappa shape index (κ2) is 9.46. The van der Waals surface area contributed by atoms with Crippen LogP contribution in [0.2, 0.25) is 0 Å². The van der Waals surface area contributed by atoms with E-state index in [1.54, 1.807) is 6.26 Å². The van der Waals surface area contributed by atoms with E-state index in [0.717, 1.165) is 69.8 Å². The number of fused-ring (bicyclic) bond motifs is 1. The lowest BCUT2D eigenvalue weighted by atomic mass is 9.98. The molecule has 3 aromatic carbocycles. The SMILES string of the molecule is CCCc1nc2c(C)cc(-c3coc(C)n3)cc2n1Cc1ccc(-c2ccccc2-c2nn[nH]n2)cc1. The molecule has 0 bridgehead atoms. The Balaban J connectivity index is 1.38. The average molecular weight is 490 g/mol. The lowest BCUT2D eigenvalue weighted by Gasteiger charge is -2.12. The van der Waals surface area contributed by atoms with Crippen LogP contribution in [0.15, 0.2) is 71.3 Å². The van der Waals surface area contributed by atoms with E-state index < -0.39 is 0 Å². The Hall–Kier alpha value is -4.59. The Kier molecular flexibility index (Phi) is 5.84. The second-order valence-corrected chi connectivity index (χ2v) is 9.25. The molecule has 0 spiro atoms. The van der Waals surface area contributed by atoms with Crippen LogP contribution in [0.25, 0.3) is 44.8 Å². The van der Waals surface area contributed by atoms with Crippen molar-refractivity contribution < 1.29 is 4.42 Å². The summed E-state index contributed by atoms with van der Waals surface area (Å²) in [5, 5.41) is 14.6. The second-order valence-electron chi connectivity index (χ2n) is 9.25. The minimum Gasteiger partial charge on any atom is -0.449 e. The van der Waals surface area contributed by atoms with Gasteiger partial charge in [-0.2, -0.15) is 5.21 Å². The number of aromatic nitrogens is 7. The monoisotopic (exact) mass is 489 g/mol.